The van der Waals surface area contributed by atoms with Crippen molar-refractivity contribution in [3.8, 4) is 10.0 Å². The van der Waals surface area contributed by atoms with E-state index in [1.807, 2.05) is 41.5 Å². The normalized spacial score (nSPS) is 11.9. The second-order valence-electron chi connectivity index (χ2n) is 19.9. The summed E-state index contributed by atoms with van der Waals surface area (Å²) >= 11 is 2.43. The van der Waals surface area contributed by atoms with Gasteiger partial charge in [-0.1, -0.05) is 76.3 Å². The number of hydrogen-bond acceptors (Lipinski definition) is 13. The fraction of sp³-hybridized carbons (Fsp3) is 0.434. The number of nitrogens with two attached hydrogens (primary N) is 1. The van der Waals surface area contributed by atoms with Gasteiger partial charge in [-0.25, -0.2) is 32.3 Å². The van der Waals surface area contributed by atoms with Crippen LogP contribution >= 0.6 is 22.7 Å². The van der Waals surface area contributed by atoms with Crippen LogP contribution in [0.2, 0.25) is 0 Å². The summed E-state index contributed by atoms with van der Waals surface area (Å²) in [5, 5.41) is 28.2. The number of aromatic nitrogens is 10. The van der Waals surface area contributed by atoms with E-state index in [4.69, 9.17) is 5.73 Å². The summed E-state index contributed by atoms with van der Waals surface area (Å²) in [5.41, 5.74) is 4.18. The van der Waals surface area contributed by atoms with Gasteiger partial charge in [0, 0.05) is 30.6 Å². The molecule has 6 heterocycles. The van der Waals surface area contributed by atoms with E-state index in [1.165, 1.54) is 91.9 Å². The van der Waals surface area contributed by atoms with Crippen LogP contribution in [0.5, 0.6) is 0 Å². The predicted octanol–water partition coefficient (Wildman–Crippen LogP) is 7.64. The highest BCUT2D eigenvalue weighted by molar-refractivity contribution is 7.21. The van der Waals surface area contributed by atoms with Gasteiger partial charge in [0.25, 0.3) is 11.1 Å². The predicted molar refractivity (Wildman–Crippen MR) is 289 cm³/mol. The largest absolute Gasteiger partial charge is 0.480 e. The van der Waals surface area contributed by atoms with Gasteiger partial charge < -0.3 is 10.8 Å². The summed E-state index contributed by atoms with van der Waals surface area (Å²) in [6.45, 7) is 21.4. The third-order valence-electron chi connectivity index (χ3n) is 12.8. The zero-order chi connectivity index (χ0) is 55.4. The number of thiophene rings is 2. The number of fused-ring (bicyclic) bond motifs is 2. The molecule has 6 aromatic heterocycles. The molecular weight excluding hydrogens is 1000 g/mol. The van der Waals surface area contributed by atoms with E-state index >= 15 is 0 Å². The molecule has 0 aliphatic rings. The molecule has 75 heavy (non-hydrogen) atoms. The molecule has 0 bridgehead atoms. The molecule has 0 aliphatic heterocycles. The number of Topliss-reactive ketones (excluding diaryl/α,β-unsaturated/α-hetero) is 1. The first-order chi connectivity index (χ1) is 35.3. The number of carboxylic acid groups (broad SMARTS) is 1. The van der Waals surface area contributed by atoms with Crippen LogP contribution in [-0.4, -0.2) is 71.2 Å². The first-order valence-electron chi connectivity index (χ1n) is 24.7. The lowest BCUT2D eigenvalue weighted by Crippen LogP contribution is -2.52. The van der Waals surface area contributed by atoms with E-state index in [1.54, 1.807) is 52.2 Å². The van der Waals surface area contributed by atoms with Gasteiger partial charge in [0.2, 0.25) is 0 Å². The van der Waals surface area contributed by atoms with Crippen molar-refractivity contribution in [2.24, 2.45) is 11.7 Å². The van der Waals surface area contributed by atoms with E-state index in [9.17, 15) is 42.7 Å². The molecule has 0 unspecified atom stereocenters. The van der Waals surface area contributed by atoms with Gasteiger partial charge in [0.1, 0.15) is 42.4 Å². The van der Waals surface area contributed by atoms with Gasteiger partial charge in [0.05, 0.1) is 35.6 Å². The molecule has 8 rings (SSSR count). The van der Waals surface area contributed by atoms with Crippen molar-refractivity contribution >= 4 is 54.9 Å². The smallest absolute Gasteiger partial charge is 0.333 e. The summed E-state index contributed by atoms with van der Waals surface area (Å²) in [5.74, 6) is -2.13. The molecule has 0 saturated carbocycles. The Balaban J connectivity index is 0.000000228. The minimum absolute atomic E-state index is 0.0780. The Kier molecular flexibility index (Phi) is 17.7. The summed E-state index contributed by atoms with van der Waals surface area (Å²) in [6, 6.07) is 9.57. The molecule has 0 spiro atoms. The Bertz CT molecular complexity index is 3620. The lowest BCUT2D eigenvalue weighted by molar-refractivity contribution is -0.146. The van der Waals surface area contributed by atoms with Gasteiger partial charge in [-0.3, -0.25) is 23.5 Å². The molecule has 3 N–H and O–H groups in total. The fourth-order valence-corrected chi connectivity index (χ4v) is 11.2. The average Bonchev–Trinajstić information content (AvgIpc) is 4.17. The maximum atomic E-state index is 14.1. The zero-order valence-corrected chi connectivity index (χ0v) is 46.0. The summed E-state index contributed by atoms with van der Waals surface area (Å²) < 4.78 is 32.8. The molecule has 0 radical (unpaired) electrons. The molecule has 0 atom stereocenters. The van der Waals surface area contributed by atoms with Crippen LogP contribution in [0, 0.1) is 31.4 Å². The van der Waals surface area contributed by atoms with Crippen molar-refractivity contribution in [3.63, 3.8) is 0 Å². The van der Waals surface area contributed by atoms with Crippen molar-refractivity contribution in [1.29, 1.82) is 0 Å². The number of halogens is 2. The van der Waals surface area contributed by atoms with Crippen molar-refractivity contribution in [2.45, 2.75) is 145 Å². The number of carboxylic acids is 1. The number of nitrogens with zero attached hydrogens (tertiary/aromatic N) is 10. The first-order valence-corrected chi connectivity index (χ1v) is 26.3. The highest BCUT2D eigenvalue weighted by atomic mass is 32.1. The van der Waals surface area contributed by atoms with Gasteiger partial charge in [-0.2, -0.15) is 20.4 Å². The third kappa shape index (κ3) is 11.8. The van der Waals surface area contributed by atoms with Crippen molar-refractivity contribution in [3.05, 3.63) is 148 Å². The zero-order valence-electron chi connectivity index (χ0n) is 44.4. The minimum atomic E-state index is -1.78. The second kappa shape index (κ2) is 23.2. The first kappa shape index (κ1) is 57.2. The Morgan fingerprint density at radius 3 is 1.33 bits per heavy atom. The van der Waals surface area contributed by atoms with Gasteiger partial charge in [0.15, 0.2) is 5.78 Å². The Morgan fingerprint density at radius 1 is 0.640 bits per heavy atom. The Morgan fingerprint density at radius 2 is 1.00 bits per heavy atom. The SMILES string of the molecule is CC(C)N.CCc1ccc(F)cc1CCn1c(=O)n(C(C)(C)C(=O)CC(C)C)c(=O)c2c(C)c(-n3nccn3)sc21.CCc1ccc(F)cc1CCn1c(=O)n(C(C)(C)C(=O)O)c(=O)c2c(C)c(-n3nccn3)sc21. The molecule has 18 nitrogen and oxygen atoms in total. The number of aryl methyl sites for hydroxylation is 8. The third-order valence-corrected chi connectivity index (χ3v) is 15.4. The molecule has 2 aromatic carbocycles. The molecule has 0 fully saturated rings. The van der Waals surface area contributed by atoms with Gasteiger partial charge in [-0.05, 0) is 126 Å². The summed E-state index contributed by atoms with van der Waals surface area (Å²) in [6.07, 6.45) is 8.46. The molecule has 0 saturated heterocycles. The maximum Gasteiger partial charge on any atom is 0.333 e. The van der Waals surface area contributed by atoms with Crippen LogP contribution in [0.15, 0.2) is 80.4 Å². The lowest BCUT2D eigenvalue weighted by Gasteiger charge is -2.27. The van der Waals surface area contributed by atoms with Crippen LogP contribution in [-0.2, 0) is 59.4 Å². The highest BCUT2D eigenvalue weighted by Gasteiger charge is 2.37. The van der Waals surface area contributed by atoms with E-state index in [0.717, 1.165) is 37.8 Å². The van der Waals surface area contributed by atoms with Crippen LogP contribution < -0.4 is 28.2 Å². The topological polar surface area (TPSA) is 230 Å². The van der Waals surface area contributed by atoms with E-state index in [2.05, 4.69) is 20.4 Å². The molecule has 400 valence electrons. The number of carbonyl (C=O) groups is 2. The van der Waals surface area contributed by atoms with Gasteiger partial charge >= 0.3 is 17.3 Å². The number of carbonyl (C=O) groups excluding carboxylic acids is 1. The number of aliphatic carboxylic acids is 1. The van der Waals surface area contributed by atoms with Gasteiger partial charge in [-0.15, -0.1) is 9.59 Å². The number of ketones is 1. The van der Waals surface area contributed by atoms with Crippen LogP contribution in [0.3, 0.4) is 0 Å². The maximum absolute atomic E-state index is 14.1. The number of rotatable bonds is 16. The number of hydrogen-bond donors (Lipinski definition) is 2. The highest BCUT2D eigenvalue weighted by Crippen LogP contribution is 2.33. The van der Waals surface area contributed by atoms with Crippen LogP contribution in [0.25, 0.3) is 30.4 Å². The minimum Gasteiger partial charge on any atom is -0.480 e. The van der Waals surface area contributed by atoms with Crippen molar-refractivity contribution in [2.75, 3.05) is 0 Å². The molecule has 0 amide bonds. The molecule has 22 heteroatoms. The fourth-order valence-electron chi connectivity index (χ4n) is 8.72. The average molecular weight is 1070 g/mol. The Labute approximate surface area is 439 Å². The molecule has 0 aliphatic carbocycles. The van der Waals surface area contributed by atoms with E-state index in [-0.39, 0.29) is 48.2 Å². The monoisotopic (exact) mass is 1070 g/mol. The number of benzene rings is 2. The van der Waals surface area contributed by atoms with Crippen molar-refractivity contribution < 1.29 is 23.5 Å². The molecular formula is C53H65F2N11O7S2. The summed E-state index contributed by atoms with van der Waals surface area (Å²) in [7, 11) is 0. The van der Waals surface area contributed by atoms with Crippen LogP contribution in [0.1, 0.15) is 109 Å². The quantitative estimate of drug-likeness (QED) is 0.0951. The van der Waals surface area contributed by atoms with Crippen molar-refractivity contribution in [1.82, 2.24) is 48.3 Å². The lowest BCUT2D eigenvalue weighted by atomic mass is 9.91. The van der Waals surface area contributed by atoms with E-state index in [0.29, 0.717) is 61.5 Å². The molecule has 8 aromatic rings. The standard InChI is InChI=1S/C27H32FN5O3S.C23H24FN5O4S.C3H9N/c1-7-18-8-9-20(28)15-19(18)10-13-31-25-22(17(4)24(37-25)33-29-11-12-30-33)23(35)32(26(31)36)27(5,6)21(34)14-16(2)3;1-5-14-6-7-16(24)12-15(14)8-11-27-20-17(13(2)19(34-20)29-25-9-10-26-29)18(30)28(22(27)33)23(3,4)21(31)32;1-3(2)4/h8-9,11-12,15-16H,7,10,13-14H2,1-6H3;6-7,9-10,12H,5,8,11H2,1-4H3,(H,31,32);3H,4H2,1-2H3. The van der Waals surface area contributed by atoms with Crippen LogP contribution in [0.4, 0.5) is 8.78 Å². The summed E-state index contributed by atoms with van der Waals surface area (Å²) in [4.78, 5) is 83.7. The second-order valence-corrected chi connectivity index (χ2v) is 21.9. The Hall–Kier alpha value is -7.04. The van der Waals surface area contributed by atoms with E-state index < -0.39 is 39.5 Å².